The predicted octanol–water partition coefficient (Wildman–Crippen LogP) is 4.75. The fourth-order valence-corrected chi connectivity index (χ4v) is 4.40. The van der Waals surface area contributed by atoms with E-state index in [9.17, 15) is 14.0 Å². The third kappa shape index (κ3) is 7.46. The van der Waals surface area contributed by atoms with E-state index in [1.807, 2.05) is 37.3 Å². The van der Waals surface area contributed by atoms with Crippen molar-refractivity contribution in [1.82, 2.24) is 10.2 Å². The lowest BCUT2D eigenvalue weighted by molar-refractivity contribution is -0.139. The summed E-state index contributed by atoms with van der Waals surface area (Å²) in [6.45, 7) is 2.27. The van der Waals surface area contributed by atoms with Crippen molar-refractivity contribution >= 4 is 23.6 Å². The smallest absolute Gasteiger partial charge is 0.242 e. The van der Waals surface area contributed by atoms with E-state index in [0.717, 1.165) is 16.7 Å². The van der Waals surface area contributed by atoms with Gasteiger partial charge in [-0.25, -0.2) is 4.39 Å². The van der Waals surface area contributed by atoms with Crippen LogP contribution < -0.4 is 5.32 Å². The second-order valence-corrected chi connectivity index (χ2v) is 8.93. The molecule has 4 nitrogen and oxygen atoms in total. The number of benzene rings is 3. The number of thioether (sulfide) groups is 1. The van der Waals surface area contributed by atoms with Crippen molar-refractivity contribution in [3.05, 3.63) is 107 Å². The van der Waals surface area contributed by atoms with E-state index >= 15 is 0 Å². The summed E-state index contributed by atoms with van der Waals surface area (Å²) >= 11 is 1.52. The first kappa shape index (κ1) is 24.5. The molecule has 0 unspecified atom stereocenters. The summed E-state index contributed by atoms with van der Waals surface area (Å²) in [4.78, 5) is 27.8. The molecule has 3 rings (SSSR count). The molecule has 172 valence electrons. The van der Waals surface area contributed by atoms with Gasteiger partial charge < -0.3 is 10.2 Å². The van der Waals surface area contributed by atoms with Crippen LogP contribution >= 0.6 is 11.8 Å². The molecule has 0 aliphatic heterocycles. The molecular weight excluding hydrogens is 435 g/mol. The number of likely N-dealkylation sites (N-methyl/N-ethyl adjacent to an activating group) is 1. The Labute approximate surface area is 199 Å². The molecule has 6 heteroatoms. The third-order valence-corrected chi connectivity index (χ3v) is 6.39. The zero-order chi connectivity index (χ0) is 23.6. The van der Waals surface area contributed by atoms with E-state index in [1.54, 1.807) is 24.1 Å². The second-order valence-electron chi connectivity index (χ2n) is 7.95. The van der Waals surface area contributed by atoms with Crippen LogP contribution in [-0.2, 0) is 28.3 Å². The Hall–Kier alpha value is -3.12. The minimum atomic E-state index is -0.671. The minimum Gasteiger partial charge on any atom is -0.357 e. The SMILES string of the molecule is CNC(=O)[C@@H](Cc1ccccc1)N(Cc1ccc(F)cc1)C(=O)CSCc1ccc(C)cc1. The molecule has 3 aromatic rings. The number of carbonyl (C=O) groups is 2. The van der Waals surface area contributed by atoms with Crippen molar-refractivity contribution in [3.8, 4) is 0 Å². The first-order chi connectivity index (χ1) is 16.0. The average Bonchev–Trinajstić information content (AvgIpc) is 2.83. The molecule has 0 aromatic heterocycles. The average molecular weight is 465 g/mol. The zero-order valence-corrected chi connectivity index (χ0v) is 19.8. The Bertz CT molecular complexity index is 1040. The maximum Gasteiger partial charge on any atom is 0.242 e. The van der Waals surface area contributed by atoms with Crippen molar-refractivity contribution in [2.45, 2.75) is 31.7 Å². The maximum atomic E-state index is 13.4. The van der Waals surface area contributed by atoms with Crippen LogP contribution in [0.2, 0.25) is 0 Å². The summed E-state index contributed by atoms with van der Waals surface area (Å²) < 4.78 is 13.4. The van der Waals surface area contributed by atoms with Crippen LogP contribution in [0.4, 0.5) is 4.39 Å². The van der Waals surface area contributed by atoms with Crippen LogP contribution in [0.5, 0.6) is 0 Å². The van der Waals surface area contributed by atoms with Crippen LogP contribution in [0.3, 0.4) is 0 Å². The van der Waals surface area contributed by atoms with Crippen LogP contribution in [0.25, 0.3) is 0 Å². The molecule has 33 heavy (non-hydrogen) atoms. The third-order valence-electron chi connectivity index (χ3n) is 5.40. The van der Waals surface area contributed by atoms with Crippen LogP contribution in [-0.4, -0.2) is 35.6 Å². The molecule has 0 saturated carbocycles. The Morgan fingerprint density at radius 1 is 0.909 bits per heavy atom. The van der Waals surface area contributed by atoms with E-state index in [0.29, 0.717) is 12.2 Å². The molecule has 0 radical (unpaired) electrons. The van der Waals surface area contributed by atoms with Crippen molar-refractivity contribution in [2.75, 3.05) is 12.8 Å². The number of hydrogen-bond acceptors (Lipinski definition) is 3. The zero-order valence-electron chi connectivity index (χ0n) is 19.0. The molecule has 0 bridgehead atoms. The van der Waals surface area contributed by atoms with Crippen molar-refractivity contribution in [1.29, 1.82) is 0 Å². The number of carbonyl (C=O) groups excluding carboxylic acids is 2. The molecule has 0 heterocycles. The van der Waals surface area contributed by atoms with Crippen LogP contribution in [0, 0.1) is 12.7 Å². The van der Waals surface area contributed by atoms with E-state index < -0.39 is 6.04 Å². The first-order valence-electron chi connectivity index (χ1n) is 10.9. The van der Waals surface area contributed by atoms with Gasteiger partial charge in [0.2, 0.25) is 11.8 Å². The highest BCUT2D eigenvalue weighted by Crippen LogP contribution is 2.19. The van der Waals surface area contributed by atoms with Gasteiger partial charge in [0.1, 0.15) is 11.9 Å². The Morgan fingerprint density at radius 2 is 1.55 bits per heavy atom. The van der Waals surface area contributed by atoms with Gasteiger partial charge in [-0.2, -0.15) is 0 Å². The highest BCUT2D eigenvalue weighted by Gasteiger charge is 2.29. The number of amides is 2. The lowest BCUT2D eigenvalue weighted by atomic mass is 10.0. The molecule has 2 amide bonds. The number of nitrogens with one attached hydrogen (secondary N) is 1. The Morgan fingerprint density at radius 3 is 2.18 bits per heavy atom. The molecule has 0 fully saturated rings. The lowest BCUT2D eigenvalue weighted by Gasteiger charge is -2.31. The van der Waals surface area contributed by atoms with Crippen molar-refractivity contribution in [3.63, 3.8) is 0 Å². The van der Waals surface area contributed by atoms with Gasteiger partial charge in [0.25, 0.3) is 0 Å². The molecule has 0 saturated heterocycles. The molecule has 1 atom stereocenters. The van der Waals surface area contributed by atoms with Gasteiger partial charge in [0, 0.05) is 25.8 Å². The van der Waals surface area contributed by atoms with Gasteiger partial charge in [-0.15, -0.1) is 11.8 Å². The van der Waals surface area contributed by atoms with E-state index in [2.05, 4.69) is 29.6 Å². The van der Waals surface area contributed by atoms with Gasteiger partial charge in [-0.05, 0) is 35.7 Å². The van der Waals surface area contributed by atoms with Crippen molar-refractivity contribution < 1.29 is 14.0 Å². The summed E-state index contributed by atoms with van der Waals surface area (Å²) in [5, 5.41) is 2.70. The molecule has 0 aliphatic carbocycles. The lowest BCUT2D eigenvalue weighted by Crippen LogP contribution is -2.50. The number of rotatable bonds is 10. The van der Waals surface area contributed by atoms with Crippen molar-refractivity contribution in [2.24, 2.45) is 0 Å². The minimum absolute atomic E-state index is 0.124. The van der Waals surface area contributed by atoms with Gasteiger partial charge in [-0.3, -0.25) is 9.59 Å². The monoisotopic (exact) mass is 464 g/mol. The molecule has 3 aromatic carbocycles. The normalized spacial score (nSPS) is 11.6. The van der Waals surface area contributed by atoms with Crippen LogP contribution in [0.15, 0.2) is 78.9 Å². The van der Waals surface area contributed by atoms with Gasteiger partial charge in [-0.1, -0.05) is 72.3 Å². The Balaban J connectivity index is 1.79. The second kappa shape index (κ2) is 12.2. The first-order valence-corrected chi connectivity index (χ1v) is 12.0. The van der Waals surface area contributed by atoms with Gasteiger partial charge >= 0.3 is 0 Å². The van der Waals surface area contributed by atoms with E-state index in [-0.39, 0.29) is 29.9 Å². The topological polar surface area (TPSA) is 49.4 Å². The number of aryl methyl sites for hydroxylation is 1. The predicted molar refractivity (Wildman–Crippen MR) is 132 cm³/mol. The summed E-state index contributed by atoms with van der Waals surface area (Å²) in [6, 6.07) is 23.3. The molecular formula is C27H29FN2O2S. The standard InChI is InChI=1S/C27H29FN2O2S/c1-20-8-10-23(11-9-20)18-33-19-26(31)30(17-22-12-14-24(28)15-13-22)25(27(32)29-2)16-21-6-4-3-5-7-21/h3-15,25H,16-19H2,1-2H3,(H,29,32)/t25-/m1/s1. The molecule has 0 aliphatic rings. The molecule has 1 N–H and O–H groups in total. The highest BCUT2D eigenvalue weighted by atomic mass is 32.2. The fraction of sp³-hybridized carbons (Fsp3) is 0.259. The number of hydrogen-bond donors (Lipinski definition) is 1. The van der Waals surface area contributed by atoms with E-state index in [4.69, 9.17) is 0 Å². The quantitative estimate of drug-likeness (QED) is 0.471. The summed E-state index contributed by atoms with van der Waals surface area (Å²) in [5.41, 5.74) is 4.08. The van der Waals surface area contributed by atoms with Gasteiger partial charge in [0.05, 0.1) is 5.75 Å². The van der Waals surface area contributed by atoms with E-state index in [1.165, 1.54) is 29.5 Å². The Kier molecular flexibility index (Phi) is 9.07. The summed E-state index contributed by atoms with van der Waals surface area (Å²) in [7, 11) is 1.58. The number of nitrogens with zero attached hydrogens (tertiary/aromatic N) is 1. The fourth-order valence-electron chi connectivity index (χ4n) is 3.53. The summed E-state index contributed by atoms with van der Waals surface area (Å²) in [6.07, 6.45) is 0.399. The maximum absolute atomic E-state index is 13.4. The van der Waals surface area contributed by atoms with Crippen LogP contribution in [0.1, 0.15) is 22.3 Å². The van der Waals surface area contributed by atoms with Gasteiger partial charge in [0.15, 0.2) is 0 Å². The highest BCUT2D eigenvalue weighted by molar-refractivity contribution is 7.99. The molecule has 0 spiro atoms. The summed E-state index contributed by atoms with van der Waals surface area (Å²) in [5.74, 6) is 0.271. The largest absolute Gasteiger partial charge is 0.357 e. The number of halogens is 1.